The summed E-state index contributed by atoms with van der Waals surface area (Å²) < 4.78 is 0. The summed E-state index contributed by atoms with van der Waals surface area (Å²) in [5.41, 5.74) is 2.34. The van der Waals surface area contributed by atoms with Crippen LogP contribution in [0.1, 0.15) is 38.8 Å². The van der Waals surface area contributed by atoms with Gasteiger partial charge in [-0.25, -0.2) is 0 Å². The first-order valence-corrected chi connectivity index (χ1v) is 8.15. The number of carbonyl (C=O) groups is 1. The molecule has 2 rings (SSSR count). The van der Waals surface area contributed by atoms with Crippen molar-refractivity contribution in [1.29, 1.82) is 0 Å². The summed E-state index contributed by atoms with van der Waals surface area (Å²) in [5, 5.41) is 26.1. The third-order valence-corrected chi connectivity index (χ3v) is 3.53. The number of carbonyl (C=O) groups excluding carboxylic acids is 1. The topological polar surface area (TPSA) is 77.8 Å². The minimum Gasteiger partial charge on any atom is -0.394 e. The van der Waals surface area contributed by atoms with E-state index in [0.717, 1.165) is 18.4 Å². The molecule has 4 heteroatoms. The van der Waals surface area contributed by atoms with Crippen LogP contribution in [0.4, 0.5) is 0 Å². The van der Waals surface area contributed by atoms with Gasteiger partial charge in [0.05, 0.1) is 12.7 Å². The van der Waals surface area contributed by atoms with E-state index in [9.17, 15) is 4.79 Å². The monoisotopic (exact) mass is 362 g/mol. The third-order valence-electron chi connectivity index (χ3n) is 3.53. The van der Waals surface area contributed by atoms with Crippen molar-refractivity contribution in [2.45, 2.75) is 46.6 Å². The van der Waals surface area contributed by atoms with Crippen LogP contribution >= 0.6 is 0 Å². The SMILES string of the molecule is C.C.O=C(CO)CCc1ccccc1.OC[C@@H](O)CCc1ccccc1. The van der Waals surface area contributed by atoms with Gasteiger partial charge in [-0.05, 0) is 30.4 Å². The van der Waals surface area contributed by atoms with Crippen molar-refractivity contribution in [3.63, 3.8) is 0 Å². The molecule has 0 aliphatic heterocycles. The van der Waals surface area contributed by atoms with E-state index in [1.54, 1.807) is 0 Å². The predicted octanol–water partition coefficient (Wildman–Crippen LogP) is 3.43. The molecule has 146 valence electrons. The zero-order chi connectivity index (χ0) is 17.6. The molecular weight excluding hydrogens is 328 g/mol. The predicted molar refractivity (Wildman–Crippen MR) is 108 cm³/mol. The third kappa shape index (κ3) is 12.4. The average molecular weight is 363 g/mol. The van der Waals surface area contributed by atoms with Gasteiger partial charge in [0.1, 0.15) is 6.61 Å². The lowest BCUT2D eigenvalue weighted by atomic mass is 10.1. The van der Waals surface area contributed by atoms with Gasteiger partial charge >= 0.3 is 0 Å². The van der Waals surface area contributed by atoms with Crippen molar-refractivity contribution >= 4 is 5.78 Å². The van der Waals surface area contributed by atoms with Gasteiger partial charge in [0.2, 0.25) is 0 Å². The molecule has 0 saturated carbocycles. The van der Waals surface area contributed by atoms with Crippen LogP contribution in [0.15, 0.2) is 60.7 Å². The van der Waals surface area contributed by atoms with Crippen LogP contribution in [0.3, 0.4) is 0 Å². The summed E-state index contributed by atoms with van der Waals surface area (Å²) in [6, 6.07) is 19.7. The van der Waals surface area contributed by atoms with E-state index in [1.807, 2.05) is 60.7 Å². The highest BCUT2D eigenvalue weighted by Crippen LogP contribution is 2.04. The molecule has 0 aliphatic carbocycles. The Labute approximate surface area is 158 Å². The number of aryl methyl sites for hydroxylation is 2. The molecule has 0 spiro atoms. The maximum atomic E-state index is 10.7. The van der Waals surface area contributed by atoms with E-state index in [2.05, 4.69) is 0 Å². The molecule has 0 radical (unpaired) electrons. The van der Waals surface area contributed by atoms with Crippen LogP contribution in [0, 0.1) is 0 Å². The van der Waals surface area contributed by atoms with Crippen molar-refractivity contribution in [3.8, 4) is 0 Å². The van der Waals surface area contributed by atoms with E-state index >= 15 is 0 Å². The Balaban J connectivity index is 0. The minimum atomic E-state index is -0.579. The maximum Gasteiger partial charge on any atom is 0.158 e. The Bertz CT molecular complexity index is 555. The fourth-order valence-corrected chi connectivity index (χ4v) is 2.08. The number of aliphatic hydroxyl groups is 3. The van der Waals surface area contributed by atoms with Crippen LogP contribution in [-0.2, 0) is 17.6 Å². The number of ketones is 1. The molecule has 0 bridgehead atoms. The zero-order valence-electron chi connectivity index (χ0n) is 13.8. The zero-order valence-corrected chi connectivity index (χ0v) is 13.8. The number of hydrogen-bond acceptors (Lipinski definition) is 4. The van der Waals surface area contributed by atoms with Crippen molar-refractivity contribution < 1.29 is 20.1 Å². The Morgan fingerprint density at radius 1 is 0.808 bits per heavy atom. The average Bonchev–Trinajstić information content (AvgIpc) is 2.66. The van der Waals surface area contributed by atoms with E-state index in [0.29, 0.717) is 12.8 Å². The van der Waals surface area contributed by atoms with Crippen LogP contribution in [0.2, 0.25) is 0 Å². The summed E-state index contributed by atoms with van der Waals surface area (Å²) >= 11 is 0. The standard InChI is InChI=1S/C10H14O2.C10H12O2.2CH4/c2*11-8-10(12)7-6-9-4-2-1-3-5-9;;/h1-5,10-12H,6-8H2;1-5,11H,6-8H2;2*1H4/t10-;;;/m0.../s1. The van der Waals surface area contributed by atoms with Crippen molar-refractivity contribution in [3.05, 3.63) is 71.8 Å². The Kier molecular flexibility index (Phi) is 16.6. The first-order valence-electron chi connectivity index (χ1n) is 8.15. The molecule has 0 saturated heterocycles. The van der Waals surface area contributed by atoms with Gasteiger partial charge in [-0.3, -0.25) is 4.79 Å². The van der Waals surface area contributed by atoms with Crippen LogP contribution < -0.4 is 0 Å². The molecule has 0 fully saturated rings. The molecule has 0 aliphatic rings. The Morgan fingerprint density at radius 2 is 1.27 bits per heavy atom. The Morgan fingerprint density at radius 3 is 1.69 bits per heavy atom. The van der Waals surface area contributed by atoms with Gasteiger partial charge in [-0.15, -0.1) is 0 Å². The summed E-state index contributed by atoms with van der Waals surface area (Å²) in [5.74, 6) is -0.0983. The second-order valence-corrected chi connectivity index (χ2v) is 5.54. The molecule has 4 nitrogen and oxygen atoms in total. The molecule has 0 heterocycles. The second kappa shape index (κ2) is 16.5. The summed E-state index contributed by atoms with van der Waals surface area (Å²) in [4.78, 5) is 10.7. The molecular formula is C22H34O4. The first kappa shape index (κ1) is 26.2. The van der Waals surface area contributed by atoms with Crippen molar-refractivity contribution in [2.24, 2.45) is 0 Å². The van der Waals surface area contributed by atoms with Crippen LogP contribution in [0.25, 0.3) is 0 Å². The highest BCUT2D eigenvalue weighted by atomic mass is 16.3. The number of benzene rings is 2. The van der Waals surface area contributed by atoms with Crippen LogP contribution in [0.5, 0.6) is 0 Å². The molecule has 26 heavy (non-hydrogen) atoms. The fraction of sp³-hybridized carbons (Fsp3) is 0.409. The quantitative estimate of drug-likeness (QED) is 0.672. The van der Waals surface area contributed by atoms with Gasteiger partial charge in [-0.1, -0.05) is 75.5 Å². The Hall–Kier alpha value is -2.01. The van der Waals surface area contributed by atoms with Crippen LogP contribution in [-0.4, -0.2) is 40.4 Å². The molecule has 0 amide bonds. The number of Topliss-reactive ketones (excluding diaryl/α,β-unsaturated/α-hetero) is 1. The van der Waals surface area contributed by atoms with Crippen molar-refractivity contribution in [2.75, 3.05) is 13.2 Å². The normalized spacial score (nSPS) is 10.4. The first-order chi connectivity index (χ1) is 11.7. The van der Waals surface area contributed by atoms with Gasteiger partial charge in [0.25, 0.3) is 0 Å². The van der Waals surface area contributed by atoms with Gasteiger partial charge in [-0.2, -0.15) is 0 Å². The lowest BCUT2D eigenvalue weighted by Gasteiger charge is -2.05. The molecule has 0 aromatic heterocycles. The van der Waals surface area contributed by atoms with Crippen molar-refractivity contribution in [1.82, 2.24) is 0 Å². The van der Waals surface area contributed by atoms with E-state index in [-0.39, 0.29) is 33.9 Å². The largest absolute Gasteiger partial charge is 0.394 e. The van der Waals surface area contributed by atoms with E-state index < -0.39 is 6.10 Å². The lowest BCUT2D eigenvalue weighted by Crippen LogP contribution is -2.12. The number of rotatable bonds is 8. The van der Waals surface area contributed by atoms with Gasteiger partial charge in [0.15, 0.2) is 5.78 Å². The second-order valence-electron chi connectivity index (χ2n) is 5.54. The minimum absolute atomic E-state index is 0. The molecule has 2 aromatic carbocycles. The molecule has 2 aromatic rings. The summed E-state index contributed by atoms with van der Waals surface area (Å²) in [6.45, 7) is -0.486. The van der Waals surface area contributed by atoms with E-state index in [1.165, 1.54) is 5.56 Å². The molecule has 1 atom stereocenters. The number of aliphatic hydroxyl groups excluding tert-OH is 3. The smallest absolute Gasteiger partial charge is 0.158 e. The molecule has 3 N–H and O–H groups in total. The maximum absolute atomic E-state index is 10.7. The number of hydrogen-bond donors (Lipinski definition) is 3. The summed E-state index contributed by atoms with van der Waals surface area (Å²) in [6.07, 6.45) is 2.02. The molecule has 0 unspecified atom stereocenters. The highest BCUT2D eigenvalue weighted by Gasteiger charge is 2.01. The van der Waals surface area contributed by atoms with Gasteiger partial charge in [0, 0.05) is 6.42 Å². The van der Waals surface area contributed by atoms with E-state index in [4.69, 9.17) is 15.3 Å². The summed E-state index contributed by atoms with van der Waals surface area (Å²) in [7, 11) is 0. The highest BCUT2D eigenvalue weighted by molar-refractivity contribution is 5.79. The fourth-order valence-electron chi connectivity index (χ4n) is 2.08. The lowest BCUT2D eigenvalue weighted by molar-refractivity contribution is -0.121. The van der Waals surface area contributed by atoms with Gasteiger partial charge < -0.3 is 15.3 Å².